The molecule has 0 aromatic heterocycles. The second kappa shape index (κ2) is 28.0. The summed E-state index contributed by atoms with van der Waals surface area (Å²) in [7, 11) is 5.18. The summed E-state index contributed by atoms with van der Waals surface area (Å²) in [5.41, 5.74) is 7.40. The van der Waals surface area contributed by atoms with Crippen LogP contribution in [0.15, 0.2) is 164 Å². The van der Waals surface area contributed by atoms with Crippen LogP contribution in [0, 0.1) is 0 Å². The summed E-state index contributed by atoms with van der Waals surface area (Å²) < 4.78 is 39.4. The molecule has 0 unspecified atom stereocenters. The zero-order valence-corrected chi connectivity index (χ0v) is 43.5. The second-order valence-corrected chi connectivity index (χ2v) is 17.8. The number of hydrogen-bond donors (Lipinski definition) is 0. The number of methoxy groups -OCH3 is 3. The van der Waals surface area contributed by atoms with Crippen molar-refractivity contribution in [2.45, 2.75) is 97.8 Å². The summed E-state index contributed by atoms with van der Waals surface area (Å²) in [6.07, 6.45) is 13.0. The number of anilines is 9. The van der Waals surface area contributed by atoms with E-state index >= 15 is 0 Å². The number of para-hydroxylation sites is 13. The van der Waals surface area contributed by atoms with E-state index in [1.807, 2.05) is 54.6 Å². The van der Waals surface area contributed by atoms with E-state index in [0.29, 0.717) is 37.1 Å². The third-order valence-corrected chi connectivity index (χ3v) is 12.8. The van der Waals surface area contributed by atoms with Gasteiger partial charge in [0, 0.05) is 0 Å². The lowest BCUT2D eigenvalue weighted by Gasteiger charge is -2.39. The largest absolute Gasteiger partial charge is 0.495 e. The Morgan fingerprint density at radius 1 is 0.264 bits per heavy atom. The maximum atomic E-state index is 6.89. The summed E-state index contributed by atoms with van der Waals surface area (Å²) in [6.45, 7) is 8.42. The average molecular weight is 970 g/mol. The van der Waals surface area contributed by atoms with E-state index in [1.165, 1.54) is 0 Å². The van der Waals surface area contributed by atoms with Crippen molar-refractivity contribution in [2.75, 3.05) is 55.8 Å². The molecule has 0 fully saturated rings. The first-order valence-electron chi connectivity index (χ1n) is 26.2. The highest BCUT2D eigenvalue weighted by molar-refractivity contribution is 6.04. The van der Waals surface area contributed by atoms with Gasteiger partial charge in [0.15, 0.2) is 0 Å². The molecule has 72 heavy (non-hydrogen) atoms. The third-order valence-electron chi connectivity index (χ3n) is 12.8. The number of nitrogens with zero attached hydrogens (tertiary/aromatic N) is 3. The average Bonchev–Trinajstić information content (AvgIpc) is 3.43. The van der Waals surface area contributed by atoms with Crippen LogP contribution < -0.4 is 43.1 Å². The minimum atomic E-state index is 0.567. The highest BCUT2D eigenvalue weighted by atomic mass is 16.5. The van der Waals surface area contributed by atoms with E-state index in [9.17, 15) is 0 Å². The normalized spacial score (nSPS) is 10.9. The van der Waals surface area contributed by atoms with Crippen LogP contribution in [0.3, 0.4) is 0 Å². The molecule has 0 radical (unpaired) electrons. The Hall–Kier alpha value is -7.26. The van der Waals surface area contributed by atoms with Gasteiger partial charge in [0.2, 0.25) is 0 Å². The molecule has 0 saturated heterocycles. The van der Waals surface area contributed by atoms with Gasteiger partial charge in [-0.2, -0.15) is 0 Å². The second-order valence-electron chi connectivity index (χ2n) is 17.8. The first-order valence-corrected chi connectivity index (χ1v) is 26.2. The molecule has 0 aliphatic heterocycles. The quantitative estimate of drug-likeness (QED) is 0.0410. The zero-order chi connectivity index (χ0) is 50.3. The highest BCUT2D eigenvalue weighted by Gasteiger charge is 2.34. The monoisotopic (exact) mass is 970 g/mol. The van der Waals surface area contributed by atoms with Crippen molar-refractivity contribution >= 4 is 51.2 Å². The molecule has 0 atom stereocenters. The van der Waals surface area contributed by atoms with Crippen LogP contribution >= 0.6 is 0 Å². The molecule has 0 heterocycles. The van der Waals surface area contributed by atoms with Crippen molar-refractivity contribution in [3.05, 3.63) is 164 Å². The van der Waals surface area contributed by atoms with Crippen LogP contribution in [-0.4, -0.2) is 41.2 Å². The van der Waals surface area contributed by atoms with Gasteiger partial charge in [0.1, 0.15) is 34.5 Å². The molecular formula is C63H75N3O6. The molecule has 7 rings (SSSR count). The van der Waals surface area contributed by atoms with Crippen LogP contribution in [0.25, 0.3) is 0 Å². The van der Waals surface area contributed by atoms with E-state index in [1.54, 1.807) is 21.3 Å². The van der Waals surface area contributed by atoms with Gasteiger partial charge in [-0.3, -0.25) is 4.90 Å². The molecule has 0 bridgehead atoms. The van der Waals surface area contributed by atoms with Crippen LogP contribution in [0.2, 0.25) is 0 Å². The number of unbranched alkanes of at least 4 members (excludes halogenated alkanes) is 9. The standard InChI is InChI=1S/C63H75N3O6/c1-7-10-13-28-46-70-60-43-25-19-35-52(60)64(49-32-16-22-40-57(49)67-4)55-38-31-39-56(65(50-33-17-23-41-58(50)68-5)53-36-20-26-44-61(53)71-47-29-14-11-8-2)63(55)66(51-34-18-24-42-59(51)69-6)54-37-21-27-45-62(54)72-48-30-15-12-9-3/h16-27,31-45H,7-15,28-30,46-48H2,1-6H3. The first kappa shape index (κ1) is 52.6. The Morgan fingerprint density at radius 3 is 0.819 bits per heavy atom. The molecule has 0 amide bonds. The van der Waals surface area contributed by atoms with Crippen molar-refractivity contribution < 1.29 is 28.4 Å². The van der Waals surface area contributed by atoms with Gasteiger partial charge in [-0.05, 0) is 104 Å². The Balaban J connectivity index is 1.62. The summed E-state index contributed by atoms with van der Waals surface area (Å²) in [5, 5.41) is 0. The molecule has 0 aliphatic rings. The van der Waals surface area contributed by atoms with Gasteiger partial charge in [-0.1, -0.05) is 157 Å². The summed E-state index contributed by atoms with van der Waals surface area (Å²) in [4.78, 5) is 6.83. The first-order chi connectivity index (χ1) is 35.6. The Bertz CT molecular complexity index is 2600. The zero-order valence-electron chi connectivity index (χ0n) is 43.5. The SMILES string of the molecule is CCCCCCOc1ccccc1N(c1ccccc1OC)c1cccc(N(c2ccccc2OC)c2ccccc2OCCCCCC)c1N(c1ccccc1OC)c1ccccc1OCCCCCC. The van der Waals surface area contributed by atoms with E-state index in [4.69, 9.17) is 28.4 Å². The Labute approximate surface area is 429 Å². The van der Waals surface area contributed by atoms with E-state index in [-0.39, 0.29) is 0 Å². The van der Waals surface area contributed by atoms with E-state index in [0.717, 1.165) is 145 Å². The van der Waals surface area contributed by atoms with Gasteiger partial charge >= 0.3 is 0 Å². The topological polar surface area (TPSA) is 65.1 Å². The van der Waals surface area contributed by atoms with Gasteiger partial charge in [0.25, 0.3) is 0 Å². The van der Waals surface area contributed by atoms with Crippen LogP contribution in [-0.2, 0) is 0 Å². The molecule has 9 nitrogen and oxygen atoms in total. The fourth-order valence-electron chi connectivity index (χ4n) is 9.13. The summed E-state index contributed by atoms with van der Waals surface area (Å²) >= 11 is 0. The van der Waals surface area contributed by atoms with Gasteiger partial charge in [0.05, 0.1) is 92.3 Å². The van der Waals surface area contributed by atoms with Crippen molar-refractivity contribution in [1.29, 1.82) is 0 Å². The number of benzene rings is 7. The van der Waals surface area contributed by atoms with Crippen LogP contribution in [0.5, 0.6) is 34.5 Å². The Kier molecular flexibility index (Phi) is 20.4. The van der Waals surface area contributed by atoms with Crippen molar-refractivity contribution in [2.24, 2.45) is 0 Å². The molecule has 7 aromatic carbocycles. The van der Waals surface area contributed by atoms with Gasteiger partial charge in [-0.25, -0.2) is 0 Å². The van der Waals surface area contributed by atoms with Gasteiger partial charge in [-0.15, -0.1) is 0 Å². The molecule has 0 aliphatic carbocycles. The lowest BCUT2D eigenvalue weighted by molar-refractivity contribution is 0.306. The summed E-state index contributed by atoms with van der Waals surface area (Å²) in [5.74, 6) is 4.29. The van der Waals surface area contributed by atoms with Gasteiger partial charge < -0.3 is 38.2 Å². The molecule has 7 aromatic rings. The molecule has 0 saturated carbocycles. The Morgan fingerprint density at radius 2 is 0.514 bits per heavy atom. The predicted molar refractivity (Wildman–Crippen MR) is 299 cm³/mol. The maximum absolute atomic E-state index is 6.89. The minimum absolute atomic E-state index is 0.567. The fraction of sp³-hybridized carbons (Fsp3) is 0.333. The highest BCUT2D eigenvalue weighted by Crippen LogP contribution is 2.58. The molecule has 0 N–H and O–H groups in total. The maximum Gasteiger partial charge on any atom is 0.143 e. The lowest BCUT2D eigenvalue weighted by Crippen LogP contribution is -2.23. The smallest absolute Gasteiger partial charge is 0.143 e. The third kappa shape index (κ3) is 13.0. The number of ether oxygens (including phenoxy) is 6. The molecule has 378 valence electrons. The van der Waals surface area contributed by atoms with Crippen molar-refractivity contribution in [3.8, 4) is 34.5 Å². The summed E-state index contributed by atoms with van der Waals surface area (Å²) in [6, 6.07) is 55.9. The van der Waals surface area contributed by atoms with E-state index in [2.05, 4.69) is 145 Å². The van der Waals surface area contributed by atoms with Crippen molar-refractivity contribution in [1.82, 2.24) is 0 Å². The van der Waals surface area contributed by atoms with Crippen molar-refractivity contribution in [3.63, 3.8) is 0 Å². The molecule has 9 heteroatoms. The minimum Gasteiger partial charge on any atom is -0.495 e. The lowest BCUT2D eigenvalue weighted by atomic mass is 10.0. The van der Waals surface area contributed by atoms with Crippen LogP contribution in [0.4, 0.5) is 51.2 Å². The molecule has 0 spiro atoms. The number of rotatable bonds is 30. The molecular weight excluding hydrogens is 895 g/mol. The number of hydrogen-bond acceptors (Lipinski definition) is 9. The van der Waals surface area contributed by atoms with Crippen LogP contribution in [0.1, 0.15) is 97.8 Å². The predicted octanol–water partition coefficient (Wildman–Crippen LogP) is 18.0. The van der Waals surface area contributed by atoms with E-state index < -0.39 is 0 Å². The fourth-order valence-corrected chi connectivity index (χ4v) is 9.13.